The van der Waals surface area contributed by atoms with E-state index in [0.717, 1.165) is 16.8 Å². The Morgan fingerprint density at radius 1 is 0.789 bits per heavy atom. The number of nitrogens with two attached hydrogens (primary N) is 1. The Morgan fingerprint density at radius 2 is 1.49 bits per heavy atom. The van der Waals surface area contributed by atoms with Crippen LogP contribution in [0, 0.1) is 0 Å². The maximum Gasteiger partial charge on any atom is 0.407 e. The summed E-state index contributed by atoms with van der Waals surface area (Å²) in [4.78, 5) is 67.6. The molecule has 2 atom stereocenters. The van der Waals surface area contributed by atoms with Crippen molar-refractivity contribution in [2.45, 2.75) is 77.5 Å². The van der Waals surface area contributed by atoms with E-state index in [-0.39, 0.29) is 56.1 Å². The molecule has 57 heavy (non-hydrogen) atoms. The van der Waals surface area contributed by atoms with Gasteiger partial charge < -0.3 is 47.5 Å². The lowest BCUT2D eigenvalue weighted by Crippen LogP contribution is -2.48. The number of aromatic hydroxyl groups is 1. The van der Waals surface area contributed by atoms with Crippen LogP contribution in [0.1, 0.15) is 76.0 Å². The molecule has 16 heteroatoms. The van der Waals surface area contributed by atoms with E-state index in [2.05, 4.69) is 42.2 Å². The van der Waals surface area contributed by atoms with Gasteiger partial charge in [-0.25, -0.2) is 9.59 Å². The first-order chi connectivity index (χ1) is 27.2. The van der Waals surface area contributed by atoms with Crippen LogP contribution in [-0.4, -0.2) is 85.3 Å². The Balaban J connectivity index is 1.69. The number of alkyl carbamates (subject to hydrolysis) is 1. The molecule has 3 aromatic rings. The zero-order chi connectivity index (χ0) is 41.6. The summed E-state index contributed by atoms with van der Waals surface area (Å²) in [5, 5.41) is 29.3. The van der Waals surface area contributed by atoms with E-state index in [9.17, 15) is 29.1 Å². The van der Waals surface area contributed by atoms with Gasteiger partial charge in [-0.05, 0) is 81.0 Å². The number of phenolic OH excluding ortho intramolecular Hbond substituents is 1. The van der Waals surface area contributed by atoms with Gasteiger partial charge in [-0.3, -0.25) is 24.7 Å². The van der Waals surface area contributed by atoms with Crippen molar-refractivity contribution >= 4 is 41.5 Å². The normalized spacial score (nSPS) is 12.3. The fraction of sp³-hybridized carbons (Fsp3) is 0.415. The highest BCUT2D eigenvalue weighted by molar-refractivity contribution is 5.95. The van der Waals surface area contributed by atoms with Crippen molar-refractivity contribution in [3.05, 3.63) is 95.6 Å². The molecule has 6 amide bonds. The summed E-state index contributed by atoms with van der Waals surface area (Å²) in [6.45, 7) is 8.89. The van der Waals surface area contributed by atoms with Gasteiger partial charge in [0.25, 0.3) is 0 Å². The fourth-order valence-corrected chi connectivity index (χ4v) is 5.44. The Hall–Kier alpha value is -6.32. The number of rotatable bonds is 20. The Labute approximate surface area is 334 Å². The Morgan fingerprint density at radius 3 is 2.19 bits per heavy atom. The van der Waals surface area contributed by atoms with Crippen LogP contribution in [0.25, 0.3) is 0 Å². The third-order valence-electron chi connectivity index (χ3n) is 8.23. The predicted molar refractivity (Wildman–Crippen MR) is 220 cm³/mol. The van der Waals surface area contributed by atoms with Gasteiger partial charge in [0, 0.05) is 51.4 Å². The molecule has 0 saturated carbocycles. The molecule has 10 N–H and O–H groups in total. The van der Waals surface area contributed by atoms with Crippen LogP contribution in [0.4, 0.5) is 15.3 Å². The highest BCUT2D eigenvalue weighted by atomic mass is 16.6. The molecule has 16 nitrogen and oxygen atoms in total. The zero-order valence-corrected chi connectivity index (χ0v) is 33.2. The molecule has 3 aromatic carbocycles. The van der Waals surface area contributed by atoms with Gasteiger partial charge in [0.15, 0.2) is 5.96 Å². The molecule has 0 saturated heterocycles. The number of ether oxygens (including phenoxy) is 1. The third kappa shape index (κ3) is 17.8. The van der Waals surface area contributed by atoms with Crippen LogP contribution in [0.2, 0.25) is 0 Å². The number of guanidine groups is 1. The van der Waals surface area contributed by atoms with Gasteiger partial charge >= 0.3 is 12.1 Å². The van der Waals surface area contributed by atoms with Crippen molar-refractivity contribution < 1.29 is 33.8 Å². The number of phenols is 1. The van der Waals surface area contributed by atoms with Crippen molar-refractivity contribution in [1.82, 2.24) is 31.9 Å². The monoisotopic (exact) mass is 787 g/mol. The summed E-state index contributed by atoms with van der Waals surface area (Å²) in [7, 11) is 0. The number of amides is 6. The van der Waals surface area contributed by atoms with Gasteiger partial charge in [-0.2, -0.15) is 0 Å². The second-order valence-corrected chi connectivity index (χ2v) is 14.1. The van der Waals surface area contributed by atoms with Crippen molar-refractivity contribution in [3.8, 4) is 5.75 Å². The third-order valence-corrected chi connectivity index (χ3v) is 8.23. The smallest absolute Gasteiger partial charge is 0.407 e. The van der Waals surface area contributed by atoms with Crippen LogP contribution in [-0.2, 0) is 25.7 Å². The van der Waals surface area contributed by atoms with Crippen molar-refractivity contribution in [3.63, 3.8) is 0 Å². The van der Waals surface area contributed by atoms with Crippen LogP contribution in [0.5, 0.6) is 5.75 Å². The van der Waals surface area contributed by atoms with Crippen LogP contribution < -0.4 is 43.0 Å². The van der Waals surface area contributed by atoms with E-state index >= 15 is 0 Å². The number of nitrogens with one attached hydrogen (secondary N) is 7. The second-order valence-electron chi connectivity index (χ2n) is 14.1. The minimum Gasteiger partial charge on any atom is -0.508 e. The van der Waals surface area contributed by atoms with Gasteiger partial charge in [0.05, 0.1) is 5.92 Å². The maximum atomic E-state index is 14.3. The number of nitrogens with zero attached hydrogens (tertiary/aromatic N) is 1. The molecule has 1 unspecified atom stereocenters. The summed E-state index contributed by atoms with van der Waals surface area (Å²) in [6.07, 6.45) is 1.04. The summed E-state index contributed by atoms with van der Waals surface area (Å²) in [5.41, 5.74) is 8.29. The highest BCUT2D eigenvalue weighted by Crippen LogP contribution is 2.27. The molecule has 0 spiro atoms. The topological polar surface area (TPSA) is 237 Å². The number of urea groups is 1. The second kappa shape index (κ2) is 23.6. The number of benzene rings is 3. The quantitative estimate of drug-likeness (QED) is 0.0462. The highest BCUT2D eigenvalue weighted by Gasteiger charge is 2.28. The fourth-order valence-electron chi connectivity index (χ4n) is 5.44. The lowest BCUT2D eigenvalue weighted by molar-refractivity contribution is -0.129. The van der Waals surface area contributed by atoms with E-state index in [1.807, 2.05) is 54.6 Å². The van der Waals surface area contributed by atoms with E-state index in [1.54, 1.807) is 39.8 Å². The van der Waals surface area contributed by atoms with Gasteiger partial charge in [-0.15, -0.1) is 0 Å². The minimum atomic E-state index is -0.953. The largest absolute Gasteiger partial charge is 0.508 e. The average Bonchev–Trinajstić information content (AvgIpc) is 3.17. The van der Waals surface area contributed by atoms with Gasteiger partial charge in [0.1, 0.15) is 17.4 Å². The molecule has 0 fully saturated rings. The lowest BCUT2D eigenvalue weighted by Gasteiger charge is -2.23. The first kappa shape index (κ1) is 45.1. The van der Waals surface area contributed by atoms with Crippen LogP contribution in [0.3, 0.4) is 0 Å². The van der Waals surface area contributed by atoms with Gasteiger partial charge in [-0.1, -0.05) is 61.5 Å². The SMILES string of the molecule is CCC(=O)NCCNC(=O)NC(N)=NCCC[C@@H](NC(=O)C(c1ccccc1)c1cccc(NCCCNC(=O)OC(C)(C)C)c1)C(=O)NCc1ccc(O)cc1. The molecule has 0 aromatic heterocycles. The Bertz CT molecular complexity index is 1780. The number of hydrogen-bond acceptors (Lipinski definition) is 9. The lowest BCUT2D eigenvalue weighted by atomic mass is 9.89. The molecular weight excluding hydrogens is 731 g/mol. The summed E-state index contributed by atoms with van der Waals surface area (Å²) in [5.74, 6) is -1.72. The summed E-state index contributed by atoms with van der Waals surface area (Å²) >= 11 is 0. The summed E-state index contributed by atoms with van der Waals surface area (Å²) in [6, 6.07) is 21.6. The van der Waals surface area contributed by atoms with Crippen molar-refractivity contribution in [2.75, 3.05) is 38.0 Å². The summed E-state index contributed by atoms with van der Waals surface area (Å²) < 4.78 is 5.28. The first-order valence-corrected chi connectivity index (χ1v) is 19.1. The van der Waals surface area contributed by atoms with E-state index in [0.29, 0.717) is 37.9 Å². The molecular formula is C41H57N9O7. The molecule has 0 radical (unpaired) electrons. The average molecular weight is 788 g/mol. The number of aliphatic imine (C=N–C) groups is 1. The van der Waals surface area contributed by atoms with E-state index in [4.69, 9.17) is 10.5 Å². The molecule has 0 aliphatic heterocycles. The number of carbonyl (C=O) groups excluding carboxylic acids is 5. The first-order valence-electron chi connectivity index (χ1n) is 19.1. The molecule has 0 aliphatic carbocycles. The molecule has 0 aliphatic rings. The van der Waals surface area contributed by atoms with Crippen molar-refractivity contribution in [1.29, 1.82) is 0 Å². The van der Waals surface area contributed by atoms with E-state index in [1.165, 1.54) is 12.1 Å². The van der Waals surface area contributed by atoms with Crippen LogP contribution in [0.15, 0.2) is 83.9 Å². The predicted octanol–water partition coefficient (Wildman–Crippen LogP) is 3.57. The molecule has 0 bridgehead atoms. The van der Waals surface area contributed by atoms with Gasteiger partial charge in [0.2, 0.25) is 17.7 Å². The molecule has 3 rings (SSSR count). The Kier molecular flexibility index (Phi) is 18.6. The zero-order valence-electron chi connectivity index (χ0n) is 33.2. The number of hydrogen-bond donors (Lipinski definition) is 9. The number of anilines is 1. The maximum absolute atomic E-state index is 14.3. The molecule has 0 heterocycles. The number of carbonyl (C=O) groups is 5. The molecule has 308 valence electrons. The minimum absolute atomic E-state index is 0.101. The van der Waals surface area contributed by atoms with Crippen molar-refractivity contribution in [2.24, 2.45) is 10.7 Å². The van der Waals surface area contributed by atoms with E-state index < -0.39 is 35.6 Å². The van der Waals surface area contributed by atoms with Crippen LogP contribution >= 0.6 is 0 Å². The standard InChI is InChI=1S/C41H57N9O7/c1-5-34(52)44-24-25-46-39(55)50-38(42)45-21-10-16-33(36(53)48-27-28-17-19-32(51)20-18-28)49-37(54)35(29-12-7-6-8-13-29)30-14-9-15-31(26-30)43-22-11-23-47-40(56)57-41(2,3)4/h6-9,12-15,17-20,26,33,35,43,51H,5,10-11,16,21-25,27H2,1-4H3,(H,44,52)(H,47,56)(H,48,53)(H,49,54)(H4,42,45,46,50,55)/t33-,35?/m1/s1.